The summed E-state index contributed by atoms with van der Waals surface area (Å²) < 4.78 is 0. The molecular formula is C18H29N3O2. The third-order valence-corrected chi connectivity index (χ3v) is 4.66. The van der Waals surface area contributed by atoms with E-state index in [1.807, 2.05) is 44.2 Å². The highest BCUT2D eigenvalue weighted by Gasteiger charge is 2.35. The number of carbonyl (C=O) groups is 1. The number of piperazine rings is 1. The van der Waals surface area contributed by atoms with Gasteiger partial charge in [-0.25, -0.2) is 0 Å². The van der Waals surface area contributed by atoms with Crippen molar-refractivity contribution in [3.05, 3.63) is 35.9 Å². The highest BCUT2D eigenvalue weighted by Crippen LogP contribution is 2.17. The number of aliphatic hydroxyl groups excluding tert-OH is 1. The van der Waals surface area contributed by atoms with E-state index in [9.17, 15) is 9.90 Å². The van der Waals surface area contributed by atoms with Crippen LogP contribution in [-0.2, 0) is 11.2 Å². The molecule has 1 atom stereocenters. The first kappa shape index (κ1) is 17.9. The van der Waals surface area contributed by atoms with Crippen molar-refractivity contribution in [1.29, 1.82) is 0 Å². The molecule has 1 heterocycles. The smallest absolute Gasteiger partial charge is 0.240 e. The topological polar surface area (TPSA) is 55.8 Å². The third-order valence-electron chi connectivity index (χ3n) is 4.66. The molecule has 0 spiro atoms. The Kier molecular flexibility index (Phi) is 6.16. The average Bonchev–Trinajstić information content (AvgIpc) is 2.54. The first-order valence-electron chi connectivity index (χ1n) is 8.33. The van der Waals surface area contributed by atoms with Crippen LogP contribution in [0.15, 0.2) is 30.3 Å². The molecule has 23 heavy (non-hydrogen) atoms. The lowest BCUT2D eigenvalue weighted by atomic mass is 10.00. The SMILES string of the molecule is CN1CCN(C(C)(C)C(=O)NC[C@@H](O)Cc2ccccc2)CC1. The molecule has 2 N–H and O–H groups in total. The minimum Gasteiger partial charge on any atom is -0.391 e. The second-order valence-corrected chi connectivity index (χ2v) is 6.90. The van der Waals surface area contributed by atoms with E-state index in [1.54, 1.807) is 0 Å². The highest BCUT2D eigenvalue weighted by molar-refractivity contribution is 5.85. The van der Waals surface area contributed by atoms with Crippen molar-refractivity contribution < 1.29 is 9.90 Å². The molecule has 1 aliphatic rings. The maximum Gasteiger partial charge on any atom is 0.240 e. The predicted octanol–water partition coefficient (Wildman–Crippen LogP) is 0.732. The molecule has 2 rings (SSSR count). The van der Waals surface area contributed by atoms with Crippen LogP contribution < -0.4 is 5.32 Å². The second-order valence-electron chi connectivity index (χ2n) is 6.90. The summed E-state index contributed by atoms with van der Waals surface area (Å²) in [6.07, 6.45) is -0.0135. The van der Waals surface area contributed by atoms with Crippen LogP contribution in [0.5, 0.6) is 0 Å². The van der Waals surface area contributed by atoms with Crippen LogP contribution in [0.1, 0.15) is 19.4 Å². The Hall–Kier alpha value is -1.43. The molecule has 1 fully saturated rings. The van der Waals surface area contributed by atoms with Crippen LogP contribution in [0.4, 0.5) is 0 Å². The summed E-state index contributed by atoms with van der Waals surface area (Å²) in [5.74, 6) is -0.0193. The molecule has 0 aromatic heterocycles. The Bertz CT molecular complexity index is 496. The van der Waals surface area contributed by atoms with Gasteiger partial charge in [-0.05, 0) is 26.5 Å². The monoisotopic (exact) mass is 319 g/mol. The molecule has 5 heteroatoms. The zero-order chi connectivity index (χ0) is 16.9. The number of amides is 1. The Labute approximate surface area is 139 Å². The molecule has 0 aliphatic carbocycles. The van der Waals surface area contributed by atoms with Crippen molar-refractivity contribution in [2.45, 2.75) is 31.9 Å². The first-order chi connectivity index (χ1) is 10.9. The summed E-state index contributed by atoms with van der Waals surface area (Å²) in [6.45, 7) is 7.94. The fourth-order valence-electron chi connectivity index (χ4n) is 2.89. The zero-order valence-electron chi connectivity index (χ0n) is 14.5. The molecular weight excluding hydrogens is 290 g/mol. The summed E-state index contributed by atoms with van der Waals surface area (Å²) in [7, 11) is 2.10. The molecule has 1 aromatic carbocycles. The summed E-state index contributed by atoms with van der Waals surface area (Å²) >= 11 is 0. The van der Waals surface area contributed by atoms with Crippen molar-refractivity contribution in [1.82, 2.24) is 15.1 Å². The Morgan fingerprint density at radius 1 is 1.22 bits per heavy atom. The number of benzene rings is 1. The Morgan fingerprint density at radius 2 is 1.83 bits per heavy atom. The van der Waals surface area contributed by atoms with Crippen LogP contribution in [0.2, 0.25) is 0 Å². The van der Waals surface area contributed by atoms with Crippen LogP contribution in [0.3, 0.4) is 0 Å². The van der Waals surface area contributed by atoms with Crippen LogP contribution >= 0.6 is 0 Å². The lowest BCUT2D eigenvalue weighted by Gasteiger charge is -2.42. The van der Waals surface area contributed by atoms with Gasteiger partial charge in [0, 0.05) is 39.1 Å². The quantitative estimate of drug-likeness (QED) is 0.812. The van der Waals surface area contributed by atoms with Gasteiger partial charge in [-0.1, -0.05) is 30.3 Å². The van der Waals surface area contributed by atoms with Gasteiger partial charge in [0.15, 0.2) is 0 Å². The van der Waals surface area contributed by atoms with Gasteiger partial charge in [-0.2, -0.15) is 0 Å². The van der Waals surface area contributed by atoms with E-state index in [4.69, 9.17) is 0 Å². The minimum atomic E-state index is -0.565. The molecule has 0 bridgehead atoms. The lowest BCUT2D eigenvalue weighted by molar-refractivity contribution is -0.133. The van der Waals surface area contributed by atoms with Crippen molar-refractivity contribution in [3.8, 4) is 0 Å². The molecule has 1 aromatic rings. The van der Waals surface area contributed by atoms with E-state index in [2.05, 4.69) is 22.2 Å². The standard InChI is InChI=1S/C18H29N3O2/c1-18(2,21-11-9-20(3)10-12-21)17(23)19-14-16(22)13-15-7-5-4-6-8-15/h4-8,16,22H,9-14H2,1-3H3,(H,19,23)/t16-/m0/s1. The fourth-order valence-corrected chi connectivity index (χ4v) is 2.89. The largest absolute Gasteiger partial charge is 0.391 e. The summed E-state index contributed by atoms with van der Waals surface area (Å²) in [6, 6.07) is 9.84. The summed E-state index contributed by atoms with van der Waals surface area (Å²) in [4.78, 5) is 17.0. The third kappa shape index (κ3) is 5.03. The van der Waals surface area contributed by atoms with Gasteiger partial charge < -0.3 is 15.3 Å². The number of aliphatic hydroxyl groups is 1. The van der Waals surface area contributed by atoms with E-state index in [1.165, 1.54) is 0 Å². The highest BCUT2D eigenvalue weighted by atomic mass is 16.3. The van der Waals surface area contributed by atoms with Gasteiger partial charge in [0.05, 0.1) is 11.6 Å². The van der Waals surface area contributed by atoms with Crippen molar-refractivity contribution in [3.63, 3.8) is 0 Å². The van der Waals surface area contributed by atoms with Crippen molar-refractivity contribution in [2.75, 3.05) is 39.8 Å². The van der Waals surface area contributed by atoms with Crippen molar-refractivity contribution >= 4 is 5.91 Å². The average molecular weight is 319 g/mol. The molecule has 1 aliphatic heterocycles. The molecule has 5 nitrogen and oxygen atoms in total. The van der Waals surface area contributed by atoms with E-state index in [0.717, 1.165) is 31.7 Å². The molecule has 1 amide bonds. The number of hydrogen-bond donors (Lipinski definition) is 2. The van der Waals surface area contributed by atoms with Crippen LogP contribution in [-0.4, -0.2) is 72.2 Å². The minimum absolute atomic E-state index is 0.0193. The molecule has 0 unspecified atom stereocenters. The first-order valence-corrected chi connectivity index (χ1v) is 8.33. The van der Waals surface area contributed by atoms with Gasteiger partial charge in [0.25, 0.3) is 0 Å². The molecule has 1 saturated heterocycles. The number of nitrogens with zero attached hydrogens (tertiary/aromatic N) is 2. The van der Waals surface area contributed by atoms with Gasteiger partial charge in [0.2, 0.25) is 5.91 Å². The second kappa shape index (κ2) is 7.90. The van der Waals surface area contributed by atoms with Crippen LogP contribution in [0, 0.1) is 0 Å². The Balaban J connectivity index is 1.81. The van der Waals surface area contributed by atoms with E-state index >= 15 is 0 Å². The van der Waals surface area contributed by atoms with Gasteiger partial charge in [0.1, 0.15) is 0 Å². The maximum atomic E-state index is 12.5. The normalized spacial score (nSPS) is 18.6. The zero-order valence-corrected chi connectivity index (χ0v) is 14.5. The molecule has 128 valence electrons. The summed E-state index contributed by atoms with van der Waals surface area (Å²) in [5, 5.41) is 13.0. The lowest BCUT2D eigenvalue weighted by Crippen LogP contribution is -2.60. The maximum absolute atomic E-state index is 12.5. The predicted molar refractivity (Wildman–Crippen MR) is 92.3 cm³/mol. The number of nitrogens with one attached hydrogen (secondary N) is 1. The number of rotatable bonds is 6. The number of carbonyl (C=O) groups excluding carboxylic acids is 1. The van der Waals surface area contributed by atoms with Gasteiger partial charge >= 0.3 is 0 Å². The van der Waals surface area contributed by atoms with Gasteiger partial charge in [-0.15, -0.1) is 0 Å². The van der Waals surface area contributed by atoms with Crippen LogP contribution in [0.25, 0.3) is 0 Å². The van der Waals surface area contributed by atoms with Gasteiger partial charge in [-0.3, -0.25) is 9.69 Å². The summed E-state index contributed by atoms with van der Waals surface area (Å²) in [5.41, 5.74) is 0.529. The molecule has 0 radical (unpaired) electrons. The van der Waals surface area contributed by atoms with E-state index in [0.29, 0.717) is 6.42 Å². The number of likely N-dealkylation sites (N-methyl/N-ethyl adjacent to an activating group) is 1. The van der Waals surface area contributed by atoms with E-state index < -0.39 is 11.6 Å². The van der Waals surface area contributed by atoms with Crippen molar-refractivity contribution in [2.24, 2.45) is 0 Å². The molecule has 0 saturated carbocycles. The number of hydrogen-bond acceptors (Lipinski definition) is 4. The Morgan fingerprint density at radius 3 is 2.43 bits per heavy atom. The fraction of sp³-hybridized carbons (Fsp3) is 0.611. The van der Waals surface area contributed by atoms with E-state index in [-0.39, 0.29) is 12.5 Å².